The fourth-order valence-electron chi connectivity index (χ4n) is 4.25. The normalized spacial score (nSPS) is 14.2. The molecule has 0 radical (unpaired) electrons. The molecule has 1 aliphatic rings. The SMILES string of the molecule is CCN(CC)CCNC(=O)c1c(C)[nH]c(CCC/C=C2\C(=O)Nc3ccc(F)cc32)c1C. The van der Waals surface area contributed by atoms with Crippen molar-refractivity contribution in [2.45, 2.75) is 47.0 Å². The number of nitrogens with one attached hydrogen (secondary N) is 3. The van der Waals surface area contributed by atoms with Crippen LogP contribution in [0.4, 0.5) is 10.1 Å². The molecule has 0 unspecified atom stereocenters. The summed E-state index contributed by atoms with van der Waals surface area (Å²) in [6.45, 7) is 11.5. The Morgan fingerprint density at radius 3 is 2.69 bits per heavy atom. The first-order chi connectivity index (χ1) is 15.3. The zero-order valence-electron chi connectivity index (χ0n) is 19.4. The minimum Gasteiger partial charge on any atom is -0.362 e. The smallest absolute Gasteiger partial charge is 0.256 e. The number of nitrogens with zero attached hydrogens (tertiary/aromatic N) is 1. The third-order valence-corrected chi connectivity index (χ3v) is 6.12. The molecule has 1 aromatic carbocycles. The number of fused-ring (bicyclic) bond motifs is 1. The zero-order valence-corrected chi connectivity index (χ0v) is 19.4. The molecule has 0 saturated carbocycles. The number of carbonyl (C=O) groups excluding carboxylic acids is 2. The van der Waals surface area contributed by atoms with Gasteiger partial charge in [-0.15, -0.1) is 0 Å². The first-order valence-electron chi connectivity index (χ1n) is 11.4. The van der Waals surface area contributed by atoms with Gasteiger partial charge in [-0.25, -0.2) is 4.39 Å². The van der Waals surface area contributed by atoms with Gasteiger partial charge >= 0.3 is 0 Å². The van der Waals surface area contributed by atoms with Crippen molar-refractivity contribution in [3.8, 4) is 0 Å². The molecular weight excluding hydrogens is 407 g/mol. The number of hydrogen-bond acceptors (Lipinski definition) is 3. The number of benzene rings is 1. The molecule has 32 heavy (non-hydrogen) atoms. The minimum atomic E-state index is -0.355. The highest BCUT2D eigenvalue weighted by Crippen LogP contribution is 2.32. The summed E-state index contributed by atoms with van der Waals surface area (Å²) in [6, 6.07) is 4.32. The lowest BCUT2D eigenvalue weighted by Crippen LogP contribution is -2.35. The predicted octanol–water partition coefficient (Wildman–Crippen LogP) is 4.20. The van der Waals surface area contributed by atoms with Crippen molar-refractivity contribution in [1.82, 2.24) is 15.2 Å². The molecule has 1 aliphatic heterocycles. The molecule has 0 fully saturated rings. The first-order valence-corrected chi connectivity index (χ1v) is 11.4. The van der Waals surface area contributed by atoms with Crippen LogP contribution in [-0.4, -0.2) is 47.9 Å². The summed E-state index contributed by atoms with van der Waals surface area (Å²) in [7, 11) is 0. The van der Waals surface area contributed by atoms with Gasteiger partial charge in [-0.05, 0) is 70.0 Å². The number of carbonyl (C=O) groups is 2. The van der Waals surface area contributed by atoms with Gasteiger partial charge in [-0.3, -0.25) is 9.59 Å². The van der Waals surface area contributed by atoms with E-state index in [2.05, 4.69) is 34.4 Å². The van der Waals surface area contributed by atoms with E-state index in [9.17, 15) is 14.0 Å². The molecular formula is C25H33FN4O2. The Labute approximate surface area is 189 Å². The number of aromatic nitrogens is 1. The van der Waals surface area contributed by atoms with E-state index in [1.807, 2.05) is 19.9 Å². The van der Waals surface area contributed by atoms with Gasteiger partial charge in [-0.2, -0.15) is 0 Å². The molecule has 0 aliphatic carbocycles. The largest absolute Gasteiger partial charge is 0.362 e. The van der Waals surface area contributed by atoms with Crippen LogP contribution in [0.5, 0.6) is 0 Å². The number of rotatable bonds is 10. The quantitative estimate of drug-likeness (QED) is 0.383. The lowest BCUT2D eigenvalue weighted by Gasteiger charge is -2.18. The molecule has 3 rings (SSSR count). The average Bonchev–Trinajstić information content (AvgIpc) is 3.23. The average molecular weight is 441 g/mol. The standard InChI is InChI=1S/C25H33FN4O2/c1-5-30(6-2)14-13-27-25(32)23-16(3)21(28-17(23)4)10-8-7-9-19-20-15-18(26)11-12-22(20)29-24(19)31/h9,11-12,15,28H,5-8,10,13-14H2,1-4H3,(H,27,32)(H,29,31)/b19-9-. The molecule has 0 bridgehead atoms. The van der Waals surface area contributed by atoms with E-state index in [-0.39, 0.29) is 17.6 Å². The van der Waals surface area contributed by atoms with Gasteiger partial charge in [0.2, 0.25) is 0 Å². The Hall–Kier alpha value is -2.93. The maximum Gasteiger partial charge on any atom is 0.256 e. The van der Waals surface area contributed by atoms with E-state index in [0.717, 1.165) is 55.0 Å². The van der Waals surface area contributed by atoms with Crippen molar-refractivity contribution in [3.63, 3.8) is 0 Å². The van der Waals surface area contributed by atoms with Crippen LogP contribution in [0.25, 0.3) is 5.57 Å². The van der Waals surface area contributed by atoms with Gasteiger partial charge in [0.1, 0.15) is 5.82 Å². The number of halogens is 1. The molecule has 6 nitrogen and oxygen atoms in total. The van der Waals surface area contributed by atoms with E-state index in [1.165, 1.54) is 12.1 Å². The number of aryl methyl sites for hydroxylation is 2. The first kappa shape index (κ1) is 23.7. The highest BCUT2D eigenvalue weighted by molar-refractivity contribution is 6.31. The maximum atomic E-state index is 13.6. The second-order valence-electron chi connectivity index (χ2n) is 8.17. The molecule has 2 amide bonds. The lowest BCUT2D eigenvalue weighted by atomic mass is 10.0. The van der Waals surface area contributed by atoms with Crippen LogP contribution < -0.4 is 10.6 Å². The fraction of sp³-hybridized carbons (Fsp3) is 0.440. The molecule has 2 aromatic rings. The molecule has 0 saturated heterocycles. The van der Waals surface area contributed by atoms with Crippen LogP contribution in [0.1, 0.15) is 59.6 Å². The van der Waals surface area contributed by atoms with Gasteiger partial charge < -0.3 is 20.5 Å². The van der Waals surface area contributed by atoms with Crippen molar-refractivity contribution in [3.05, 3.63) is 58.2 Å². The van der Waals surface area contributed by atoms with E-state index in [1.54, 1.807) is 6.07 Å². The number of allylic oxidation sites excluding steroid dienone is 1. The molecule has 7 heteroatoms. The van der Waals surface area contributed by atoms with Crippen molar-refractivity contribution in [1.29, 1.82) is 0 Å². The van der Waals surface area contributed by atoms with Gasteiger partial charge in [0.15, 0.2) is 0 Å². The van der Waals surface area contributed by atoms with E-state index in [4.69, 9.17) is 0 Å². The molecule has 1 aromatic heterocycles. The topological polar surface area (TPSA) is 77.2 Å². The van der Waals surface area contributed by atoms with Crippen molar-refractivity contribution in [2.75, 3.05) is 31.5 Å². The lowest BCUT2D eigenvalue weighted by molar-refractivity contribution is -0.110. The minimum absolute atomic E-state index is 0.0435. The van der Waals surface area contributed by atoms with E-state index in [0.29, 0.717) is 29.8 Å². The Morgan fingerprint density at radius 2 is 1.97 bits per heavy atom. The highest BCUT2D eigenvalue weighted by atomic mass is 19.1. The number of hydrogen-bond donors (Lipinski definition) is 3. The Bertz CT molecular complexity index is 1020. The summed E-state index contributed by atoms with van der Waals surface area (Å²) in [5.41, 5.74) is 5.39. The summed E-state index contributed by atoms with van der Waals surface area (Å²) in [6.07, 6.45) is 4.13. The van der Waals surface area contributed by atoms with Crippen LogP contribution in [0.15, 0.2) is 24.3 Å². The zero-order chi connectivity index (χ0) is 23.3. The molecule has 172 valence electrons. The number of amides is 2. The van der Waals surface area contributed by atoms with Crippen molar-refractivity contribution in [2.24, 2.45) is 0 Å². The second kappa shape index (κ2) is 10.6. The number of likely N-dealkylation sites (N-methyl/N-ethyl adjacent to an activating group) is 1. The number of unbranched alkanes of at least 4 members (excludes halogenated alkanes) is 1. The molecule has 0 atom stereocenters. The molecule has 2 heterocycles. The van der Waals surface area contributed by atoms with E-state index >= 15 is 0 Å². The maximum absolute atomic E-state index is 13.6. The summed E-state index contributed by atoms with van der Waals surface area (Å²) in [5, 5.41) is 5.80. The van der Waals surface area contributed by atoms with Crippen LogP contribution in [0.3, 0.4) is 0 Å². The van der Waals surface area contributed by atoms with Gasteiger partial charge in [0.05, 0.1) is 5.56 Å². The van der Waals surface area contributed by atoms with Gasteiger partial charge in [0.25, 0.3) is 11.8 Å². The fourth-order valence-corrected chi connectivity index (χ4v) is 4.25. The third kappa shape index (κ3) is 5.27. The molecule has 3 N–H and O–H groups in total. The highest BCUT2D eigenvalue weighted by Gasteiger charge is 2.24. The number of H-pyrrole nitrogens is 1. The third-order valence-electron chi connectivity index (χ3n) is 6.12. The predicted molar refractivity (Wildman–Crippen MR) is 126 cm³/mol. The summed E-state index contributed by atoms with van der Waals surface area (Å²) >= 11 is 0. The Kier molecular flexibility index (Phi) is 7.85. The Morgan fingerprint density at radius 1 is 1.22 bits per heavy atom. The monoisotopic (exact) mass is 440 g/mol. The van der Waals surface area contributed by atoms with Crippen molar-refractivity contribution < 1.29 is 14.0 Å². The van der Waals surface area contributed by atoms with Crippen LogP contribution in [0, 0.1) is 19.7 Å². The molecule has 0 spiro atoms. The second-order valence-corrected chi connectivity index (χ2v) is 8.17. The van der Waals surface area contributed by atoms with Crippen LogP contribution in [0.2, 0.25) is 0 Å². The Balaban J connectivity index is 1.58. The summed E-state index contributed by atoms with van der Waals surface area (Å²) < 4.78 is 13.6. The number of anilines is 1. The van der Waals surface area contributed by atoms with Crippen LogP contribution >= 0.6 is 0 Å². The van der Waals surface area contributed by atoms with Gasteiger partial charge in [-0.1, -0.05) is 19.9 Å². The van der Waals surface area contributed by atoms with Crippen LogP contribution in [-0.2, 0) is 11.2 Å². The summed E-state index contributed by atoms with van der Waals surface area (Å²) in [5.74, 6) is -0.592. The van der Waals surface area contributed by atoms with Crippen molar-refractivity contribution >= 4 is 23.1 Å². The van der Waals surface area contributed by atoms with E-state index < -0.39 is 0 Å². The number of aromatic amines is 1. The van der Waals surface area contributed by atoms with Gasteiger partial charge in [0, 0.05) is 41.3 Å². The summed E-state index contributed by atoms with van der Waals surface area (Å²) in [4.78, 5) is 30.5.